The molecule has 0 spiro atoms. The van der Waals surface area contributed by atoms with Gasteiger partial charge in [0, 0.05) is 0 Å². The van der Waals surface area contributed by atoms with Gasteiger partial charge in [-0.2, -0.15) is 0 Å². The van der Waals surface area contributed by atoms with E-state index in [9.17, 15) is 0 Å². The molecule has 12 heavy (non-hydrogen) atoms. The summed E-state index contributed by atoms with van der Waals surface area (Å²) in [5.41, 5.74) is 3.27. The Morgan fingerprint density at radius 3 is 2.58 bits per heavy atom. The van der Waals surface area contributed by atoms with Gasteiger partial charge < -0.3 is 0 Å². The van der Waals surface area contributed by atoms with E-state index in [1.54, 1.807) is 11.1 Å². The van der Waals surface area contributed by atoms with E-state index in [0.29, 0.717) is 0 Å². The molecule has 0 atom stereocenters. The van der Waals surface area contributed by atoms with Crippen molar-refractivity contribution in [3.63, 3.8) is 0 Å². The van der Waals surface area contributed by atoms with Crippen LogP contribution in [0.15, 0.2) is 23.3 Å². The quantitative estimate of drug-likeness (QED) is 0.552. The minimum absolute atomic E-state index is 1.23. The van der Waals surface area contributed by atoms with Gasteiger partial charge in [0.25, 0.3) is 0 Å². The molecule has 0 N–H and O–H groups in total. The summed E-state index contributed by atoms with van der Waals surface area (Å²) in [7, 11) is 0. The first kappa shape index (κ1) is 8.10. The molecule has 0 fully saturated rings. The molecule has 0 heterocycles. The normalized spacial score (nSPS) is 22.7. The minimum Gasteiger partial charge on any atom is -0.0853 e. The lowest BCUT2D eigenvalue weighted by molar-refractivity contribution is 0.871. The predicted octanol–water partition coefficient (Wildman–Crippen LogP) is 3.80. The lowest BCUT2D eigenvalue weighted by atomic mass is 10.0. The maximum absolute atomic E-state index is 2.43. The monoisotopic (exact) mass is 161 g/mol. The summed E-state index contributed by atoms with van der Waals surface area (Å²) in [4.78, 5) is 0. The van der Waals surface area contributed by atoms with Crippen molar-refractivity contribution in [2.24, 2.45) is 0 Å². The molecule has 0 aromatic heterocycles. The molecule has 0 heteroatoms. The van der Waals surface area contributed by atoms with Crippen molar-refractivity contribution in [1.82, 2.24) is 0 Å². The molecule has 0 aromatic carbocycles. The summed E-state index contributed by atoms with van der Waals surface area (Å²) >= 11 is 0. The Kier molecular flexibility index (Phi) is 2.65. The molecule has 0 unspecified atom stereocenters. The van der Waals surface area contributed by atoms with Crippen LogP contribution in [0.2, 0.25) is 0 Å². The van der Waals surface area contributed by atoms with E-state index < -0.39 is 0 Å². The second-order valence-electron chi connectivity index (χ2n) is 3.83. The van der Waals surface area contributed by atoms with E-state index >= 15 is 0 Å². The van der Waals surface area contributed by atoms with Crippen molar-refractivity contribution < 1.29 is 0 Å². The lowest BCUT2D eigenvalue weighted by Crippen LogP contribution is -1.83. The van der Waals surface area contributed by atoms with Crippen molar-refractivity contribution in [2.45, 2.75) is 44.9 Å². The number of hydrogen-bond donors (Lipinski definition) is 0. The molecule has 0 nitrogen and oxygen atoms in total. The molecule has 2 rings (SSSR count). The van der Waals surface area contributed by atoms with Crippen LogP contribution in [-0.2, 0) is 0 Å². The third kappa shape index (κ3) is 2.00. The highest BCUT2D eigenvalue weighted by Crippen LogP contribution is 2.27. The Morgan fingerprint density at radius 2 is 1.92 bits per heavy atom. The van der Waals surface area contributed by atoms with Crippen LogP contribution in [0.1, 0.15) is 44.9 Å². The highest BCUT2D eigenvalue weighted by atomic mass is 14.1. The molecule has 0 saturated carbocycles. The van der Waals surface area contributed by atoms with Crippen molar-refractivity contribution in [2.75, 3.05) is 0 Å². The van der Waals surface area contributed by atoms with Crippen molar-refractivity contribution in [3.05, 3.63) is 29.7 Å². The van der Waals surface area contributed by atoms with Gasteiger partial charge in [-0.3, -0.25) is 0 Å². The van der Waals surface area contributed by atoms with E-state index in [1.807, 2.05) is 0 Å². The van der Waals surface area contributed by atoms with Gasteiger partial charge in [-0.15, -0.1) is 0 Å². The maximum Gasteiger partial charge on any atom is -0.00973 e. The third-order valence-electron chi connectivity index (χ3n) is 2.84. The first-order valence-electron chi connectivity index (χ1n) is 5.15. The standard InChI is InChI=1S/C12H17/c1-2-6-11(5-1)9-10-12-7-3-4-8-12/h5,7,9H,1-4,6,8,10H2. The molecular weight excluding hydrogens is 144 g/mol. The summed E-state index contributed by atoms with van der Waals surface area (Å²) in [5, 5.41) is 0. The van der Waals surface area contributed by atoms with Crippen LogP contribution in [0.3, 0.4) is 0 Å². The summed E-state index contributed by atoms with van der Waals surface area (Å²) < 4.78 is 0. The van der Waals surface area contributed by atoms with Gasteiger partial charge in [0.1, 0.15) is 0 Å². The van der Waals surface area contributed by atoms with Gasteiger partial charge in [-0.1, -0.05) is 23.3 Å². The first-order valence-corrected chi connectivity index (χ1v) is 5.15. The van der Waals surface area contributed by atoms with Crippen LogP contribution in [-0.4, -0.2) is 0 Å². The summed E-state index contributed by atoms with van der Waals surface area (Å²) in [6.07, 6.45) is 16.6. The Morgan fingerprint density at radius 1 is 1.08 bits per heavy atom. The lowest BCUT2D eigenvalue weighted by Gasteiger charge is -2.01. The van der Waals surface area contributed by atoms with Crippen LogP contribution in [0.25, 0.3) is 0 Å². The number of rotatable bonds is 3. The molecule has 65 valence electrons. The van der Waals surface area contributed by atoms with Crippen LogP contribution in [0, 0.1) is 6.42 Å². The van der Waals surface area contributed by atoms with Gasteiger partial charge in [0.05, 0.1) is 0 Å². The Labute approximate surface area is 75.4 Å². The second kappa shape index (κ2) is 3.93. The number of allylic oxidation sites excluding steroid dienone is 4. The zero-order valence-electron chi connectivity index (χ0n) is 7.68. The molecule has 2 aliphatic rings. The molecule has 1 radical (unpaired) electrons. The van der Waals surface area contributed by atoms with Crippen molar-refractivity contribution in [3.8, 4) is 0 Å². The predicted molar refractivity (Wildman–Crippen MR) is 52.8 cm³/mol. The van der Waals surface area contributed by atoms with Gasteiger partial charge in [0.2, 0.25) is 0 Å². The largest absolute Gasteiger partial charge is 0.0853 e. The van der Waals surface area contributed by atoms with E-state index in [4.69, 9.17) is 0 Å². The highest BCUT2D eigenvalue weighted by Gasteiger charge is 2.08. The average Bonchev–Trinajstić information content (AvgIpc) is 2.74. The smallest absolute Gasteiger partial charge is 0.00973 e. The molecule has 0 aromatic rings. The summed E-state index contributed by atoms with van der Waals surface area (Å²) in [6.45, 7) is 0. The second-order valence-corrected chi connectivity index (χ2v) is 3.83. The Balaban J connectivity index is 1.74. The fourth-order valence-electron chi connectivity index (χ4n) is 2.07. The number of hydrogen-bond acceptors (Lipinski definition) is 0. The SMILES string of the molecule is [CH](CC1=CCCC1)C1=CCCC1. The van der Waals surface area contributed by atoms with E-state index in [2.05, 4.69) is 18.6 Å². The van der Waals surface area contributed by atoms with Gasteiger partial charge in [-0.05, 0) is 51.4 Å². The highest BCUT2D eigenvalue weighted by molar-refractivity contribution is 5.22. The first-order chi connectivity index (χ1) is 5.95. The molecule has 0 saturated heterocycles. The van der Waals surface area contributed by atoms with E-state index in [1.165, 1.54) is 44.9 Å². The molecule has 0 amide bonds. The average molecular weight is 161 g/mol. The van der Waals surface area contributed by atoms with E-state index in [0.717, 1.165) is 0 Å². The zero-order valence-corrected chi connectivity index (χ0v) is 7.68. The van der Waals surface area contributed by atoms with E-state index in [-0.39, 0.29) is 0 Å². The van der Waals surface area contributed by atoms with Crippen LogP contribution >= 0.6 is 0 Å². The Bertz CT molecular complexity index is 184. The van der Waals surface area contributed by atoms with Crippen molar-refractivity contribution >= 4 is 0 Å². The molecule has 2 aliphatic carbocycles. The van der Waals surface area contributed by atoms with Gasteiger partial charge in [0.15, 0.2) is 0 Å². The molecule has 0 aliphatic heterocycles. The van der Waals surface area contributed by atoms with Gasteiger partial charge in [-0.25, -0.2) is 0 Å². The Hall–Kier alpha value is -0.520. The molecule has 0 bridgehead atoms. The third-order valence-corrected chi connectivity index (χ3v) is 2.84. The van der Waals surface area contributed by atoms with Crippen LogP contribution < -0.4 is 0 Å². The van der Waals surface area contributed by atoms with Crippen LogP contribution in [0.4, 0.5) is 0 Å². The maximum atomic E-state index is 2.43. The fraction of sp³-hybridized carbons (Fsp3) is 0.583. The van der Waals surface area contributed by atoms with Crippen LogP contribution in [0.5, 0.6) is 0 Å². The minimum atomic E-state index is 1.23. The topological polar surface area (TPSA) is 0 Å². The molecular formula is C12H17. The fourth-order valence-corrected chi connectivity index (χ4v) is 2.07. The summed E-state index contributed by atoms with van der Waals surface area (Å²) in [6, 6.07) is 0. The zero-order chi connectivity index (χ0) is 8.23. The van der Waals surface area contributed by atoms with Crippen molar-refractivity contribution in [1.29, 1.82) is 0 Å². The summed E-state index contributed by atoms with van der Waals surface area (Å²) in [5.74, 6) is 0. The van der Waals surface area contributed by atoms with Gasteiger partial charge >= 0.3 is 0 Å².